The number of hydrogen-bond donors (Lipinski definition) is 2. The largest absolute Gasteiger partial charge is 0.301 e. The first-order valence-electron chi connectivity index (χ1n) is 5.37. The first-order chi connectivity index (χ1) is 9.78. The second-order valence-corrected chi connectivity index (χ2v) is 7.53. The fourth-order valence-electron chi connectivity index (χ4n) is 1.28. The highest BCUT2D eigenvalue weighted by Gasteiger charge is 2.22. The predicted molar refractivity (Wildman–Crippen MR) is 79.1 cm³/mol. The van der Waals surface area contributed by atoms with E-state index in [4.69, 9.17) is 0 Å². The van der Waals surface area contributed by atoms with Crippen molar-refractivity contribution in [1.29, 1.82) is 0 Å². The highest BCUT2D eigenvalue weighted by atomic mass is 79.9. The molecular weight excluding hydrogens is 387 g/mol. The van der Waals surface area contributed by atoms with Gasteiger partial charge in [-0.05, 0) is 18.2 Å². The molecule has 0 saturated heterocycles. The first-order valence-corrected chi connectivity index (χ1v) is 8.46. The lowest BCUT2D eigenvalue weighted by Crippen LogP contribution is -2.13. The van der Waals surface area contributed by atoms with Crippen LogP contribution in [0.1, 0.15) is 6.92 Å². The molecule has 0 fully saturated rings. The number of halogens is 2. The van der Waals surface area contributed by atoms with Crippen molar-refractivity contribution >= 4 is 54.0 Å². The number of anilines is 2. The van der Waals surface area contributed by atoms with Crippen molar-refractivity contribution in [2.75, 3.05) is 10.0 Å². The minimum absolute atomic E-state index is 0.0409. The molecule has 2 N–H and O–H groups in total. The second kappa shape index (κ2) is 6.03. The molecule has 0 bridgehead atoms. The van der Waals surface area contributed by atoms with Crippen molar-refractivity contribution in [1.82, 2.24) is 10.2 Å². The normalized spacial score (nSPS) is 11.2. The molecule has 0 spiro atoms. The van der Waals surface area contributed by atoms with E-state index in [1.807, 2.05) is 0 Å². The van der Waals surface area contributed by atoms with Gasteiger partial charge in [0.05, 0.1) is 5.69 Å². The van der Waals surface area contributed by atoms with E-state index in [-0.39, 0.29) is 15.2 Å². The maximum Gasteiger partial charge on any atom is 0.291 e. The summed E-state index contributed by atoms with van der Waals surface area (Å²) in [4.78, 5) is 10.8. The van der Waals surface area contributed by atoms with Gasteiger partial charge in [-0.2, -0.15) is 8.42 Å². The molecule has 112 valence electrons. The first kappa shape index (κ1) is 15.8. The van der Waals surface area contributed by atoms with Crippen LogP contribution in [0.4, 0.5) is 15.2 Å². The summed E-state index contributed by atoms with van der Waals surface area (Å²) in [6.07, 6.45) is 0. The molecule has 0 atom stereocenters. The Hall–Kier alpha value is -1.59. The maximum atomic E-state index is 13.6. The Labute approximate surface area is 131 Å². The van der Waals surface area contributed by atoms with Gasteiger partial charge in [0.1, 0.15) is 5.82 Å². The molecule has 7 nitrogen and oxygen atoms in total. The van der Waals surface area contributed by atoms with Crippen LogP contribution in [0.5, 0.6) is 0 Å². The molecule has 1 amide bonds. The molecule has 2 aromatic rings. The molecule has 11 heteroatoms. The van der Waals surface area contributed by atoms with Crippen molar-refractivity contribution in [2.24, 2.45) is 0 Å². The number of benzene rings is 1. The summed E-state index contributed by atoms with van der Waals surface area (Å²) >= 11 is 3.73. The summed E-state index contributed by atoms with van der Waals surface area (Å²) in [7, 11) is -4.08. The van der Waals surface area contributed by atoms with Crippen molar-refractivity contribution in [3.63, 3.8) is 0 Å². The van der Waals surface area contributed by atoms with E-state index in [2.05, 4.69) is 36.2 Å². The van der Waals surface area contributed by atoms with Crippen LogP contribution in [0, 0.1) is 5.82 Å². The van der Waals surface area contributed by atoms with Gasteiger partial charge in [0.25, 0.3) is 14.4 Å². The lowest BCUT2D eigenvalue weighted by Gasteiger charge is -2.06. The Morgan fingerprint density at radius 3 is 2.71 bits per heavy atom. The zero-order chi connectivity index (χ0) is 15.6. The van der Waals surface area contributed by atoms with Gasteiger partial charge in [0.2, 0.25) is 11.0 Å². The minimum Gasteiger partial charge on any atom is -0.301 e. The van der Waals surface area contributed by atoms with E-state index in [1.165, 1.54) is 19.1 Å². The van der Waals surface area contributed by atoms with Gasteiger partial charge in [-0.25, -0.2) is 4.39 Å². The van der Waals surface area contributed by atoms with Crippen LogP contribution in [0.3, 0.4) is 0 Å². The van der Waals surface area contributed by atoms with E-state index < -0.39 is 21.7 Å². The number of carbonyl (C=O) groups excluding carboxylic acids is 1. The topological polar surface area (TPSA) is 101 Å². The molecule has 1 aromatic carbocycles. The third-order valence-corrected chi connectivity index (χ3v) is 5.16. The van der Waals surface area contributed by atoms with E-state index in [0.717, 1.165) is 6.07 Å². The van der Waals surface area contributed by atoms with E-state index in [9.17, 15) is 17.6 Å². The number of amides is 1. The van der Waals surface area contributed by atoms with Crippen LogP contribution >= 0.6 is 27.3 Å². The molecule has 21 heavy (non-hydrogen) atoms. The zero-order valence-electron chi connectivity index (χ0n) is 10.4. The average molecular weight is 395 g/mol. The molecule has 0 aliphatic carbocycles. The summed E-state index contributed by atoms with van der Waals surface area (Å²) in [5.74, 6) is -1.14. The number of carbonyl (C=O) groups is 1. The van der Waals surface area contributed by atoms with Gasteiger partial charge >= 0.3 is 0 Å². The second-order valence-electron chi connectivity index (χ2n) is 3.78. The number of sulfonamides is 1. The SMILES string of the molecule is CC(=O)Nc1nnc(S(=O)(=O)Nc2ccc(Br)cc2F)s1. The Bertz CT molecular complexity index is 793. The van der Waals surface area contributed by atoms with Crippen LogP contribution in [-0.2, 0) is 14.8 Å². The number of nitrogens with zero attached hydrogens (tertiary/aromatic N) is 2. The molecule has 0 aliphatic heterocycles. The standard InChI is InChI=1S/C10H8BrFN4O3S2/c1-5(17)13-9-14-15-10(20-9)21(18,19)16-8-3-2-6(11)4-7(8)12/h2-4,16H,1H3,(H,13,14,17). The fraction of sp³-hybridized carbons (Fsp3) is 0.100. The summed E-state index contributed by atoms with van der Waals surface area (Å²) in [6.45, 7) is 1.25. The smallest absolute Gasteiger partial charge is 0.291 e. The van der Waals surface area contributed by atoms with Gasteiger partial charge in [-0.3, -0.25) is 9.52 Å². The van der Waals surface area contributed by atoms with E-state index in [0.29, 0.717) is 15.8 Å². The maximum absolute atomic E-state index is 13.6. The third-order valence-electron chi connectivity index (χ3n) is 2.09. The zero-order valence-corrected chi connectivity index (χ0v) is 13.6. The summed E-state index contributed by atoms with van der Waals surface area (Å²) in [5, 5.41) is 9.33. The quantitative estimate of drug-likeness (QED) is 0.773. The molecule has 2 rings (SSSR count). The third kappa shape index (κ3) is 3.95. The fourth-order valence-corrected chi connectivity index (χ4v) is 3.63. The molecule has 1 heterocycles. The van der Waals surface area contributed by atoms with Gasteiger partial charge in [-0.15, -0.1) is 10.2 Å². The van der Waals surface area contributed by atoms with Gasteiger partial charge in [-0.1, -0.05) is 27.3 Å². The monoisotopic (exact) mass is 394 g/mol. The Morgan fingerprint density at radius 1 is 1.38 bits per heavy atom. The number of aromatic nitrogens is 2. The van der Waals surface area contributed by atoms with E-state index in [1.54, 1.807) is 0 Å². The number of rotatable bonds is 4. The van der Waals surface area contributed by atoms with Gasteiger partial charge in [0.15, 0.2) is 0 Å². The Morgan fingerprint density at radius 2 is 2.10 bits per heavy atom. The lowest BCUT2D eigenvalue weighted by atomic mass is 10.3. The van der Waals surface area contributed by atoms with Crippen LogP contribution in [0.2, 0.25) is 0 Å². The number of nitrogens with one attached hydrogen (secondary N) is 2. The van der Waals surface area contributed by atoms with Crippen molar-refractivity contribution < 1.29 is 17.6 Å². The molecule has 0 unspecified atom stereocenters. The number of hydrogen-bond acceptors (Lipinski definition) is 6. The summed E-state index contributed by atoms with van der Waals surface area (Å²) in [6, 6.07) is 3.89. The van der Waals surface area contributed by atoms with Crippen LogP contribution in [0.15, 0.2) is 27.0 Å². The van der Waals surface area contributed by atoms with Crippen LogP contribution in [0.25, 0.3) is 0 Å². The summed E-state index contributed by atoms with van der Waals surface area (Å²) in [5.41, 5.74) is -0.213. The Balaban J connectivity index is 2.25. The molecular formula is C10H8BrFN4O3S2. The summed E-state index contributed by atoms with van der Waals surface area (Å²) < 4.78 is 39.9. The van der Waals surface area contributed by atoms with E-state index >= 15 is 0 Å². The van der Waals surface area contributed by atoms with Crippen molar-refractivity contribution in [3.05, 3.63) is 28.5 Å². The van der Waals surface area contributed by atoms with Crippen LogP contribution in [-0.4, -0.2) is 24.5 Å². The highest BCUT2D eigenvalue weighted by molar-refractivity contribution is 9.10. The molecule has 0 aliphatic rings. The predicted octanol–water partition coefficient (Wildman–Crippen LogP) is 2.20. The highest BCUT2D eigenvalue weighted by Crippen LogP contribution is 2.25. The average Bonchev–Trinajstić information content (AvgIpc) is 2.81. The Kier molecular flexibility index (Phi) is 4.54. The van der Waals surface area contributed by atoms with Gasteiger partial charge in [0, 0.05) is 11.4 Å². The molecule has 0 radical (unpaired) electrons. The van der Waals surface area contributed by atoms with Crippen molar-refractivity contribution in [2.45, 2.75) is 11.3 Å². The lowest BCUT2D eigenvalue weighted by molar-refractivity contribution is -0.114. The molecule has 1 aromatic heterocycles. The molecule has 0 saturated carbocycles. The van der Waals surface area contributed by atoms with Crippen LogP contribution < -0.4 is 10.0 Å². The van der Waals surface area contributed by atoms with Gasteiger partial charge < -0.3 is 5.32 Å². The van der Waals surface area contributed by atoms with Crippen molar-refractivity contribution in [3.8, 4) is 0 Å². The minimum atomic E-state index is -4.08.